The van der Waals surface area contributed by atoms with E-state index in [0.717, 1.165) is 24.5 Å². The highest BCUT2D eigenvalue weighted by Crippen LogP contribution is 2.19. The van der Waals surface area contributed by atoms with Gasteiger partial charge in [-0.25, -0.2) is 9.97 Å². The molecular weight excluding hydrogens is 248 g/mol. The molecule has 18 heavy (non-hydrogen) atoms. The Morgan fingerprint density at radius 3 is 2.67 bits per heavy atom. The number of nitrogens with zero attached hydrogens (tertiary/aromatic N) is 4. The van der Waals surface area contributed by atoms with Crippen molar-refractivity contribution in [3.63, 3.8) is 0 Å². The molecule has 0 aliphatic heterocycles. The number of hydrogen-bond donors (Lipinski definition) is 0. The van der Waals surface area contributed by atoms with E-state index in [9.17, 15) is 0 Å². The number of hydrogen-bond acceptors (Lipinski definition) is 4. The Kier molecular flexibility index (Phi) is 4.10. The monoisotopic (exact) mass is 262 g/mol. The molecule has 2 heterocycles. The van der Waals surface area contributed by atoms with Crippen LogP contribution in [0.1, 0.15) is 18.1 Å². The molecule has 94 valence electrons. The van der Waals surface area contributed by atoms with Crippen molar-refractivity contribution >= 4 is 17.4 Å². The van der Waals surface area contributed by atoms with Gasteiger partial charge in [0.1, 0.15) is 5.82 Å². The van der Waals surface area contributed by atoms with Gasteiger partial charge in [-0.05, 0) is 43.1 Å². The molecule has 2 aromatic heterocycles. The van der Waals surface area contributed by atoms with E-state index in [0.29, 0.717) is 0 Å². The van der Waals surface area contributed by atoms with E-state index in [1.165, 1.54) is 5.56 Å². The van der Waals surface area contributed by atoms with Crippen LogP contribution in [0.3, 0.4) is 0 Å². The first-order valence-corrected chi connectivity index (χ1v) is 6.21. The molecule has 5 heteroatoms. The molecule has 0 aromatic carbocycles. The summed E-state index contributed by atoms with van der Waals surface area (Å²) >= 11 is 5.86. The fourth-order valence-electron chi connectivity index (χ4n) is 1.78. The number of pyridine rings is 1. The van der Waals surface area contributed by atoms with Gasteiger partial charge in [0.2, 0.25) is 5.28 Å². The minimum atomic E-state index is 0.281. The molecule has 2 aromatic rings. The molecule has 0 aliphatic carbocycles. The number of aromatic nitrogens is 3. The number of rotatable bonds is 4. The highest BCUT2D eigenvalue weighted by molar-refractivity contribution is 6.28. The van der Waals surface area contributed by atoms with Crippen molar-refractivity contribution in [2.45, 2.75) is 20.4 Å². The summed E-state index contributed by atoms with van der Waals surface area (Å²) in [5, 5.41) is 0.281. The van der Waals surface area contributed by atoms with Crippen molar-refractivity contribution in [1.29, 1.82) is 0 Å². The fraction of sp³-hybridized carbons (Fsp3) is 0.308. The second-order valence-electron chi connectivity index (χ2n) is 4.02. The van der Waals surface area contributed by atoms with E-state index >= 15 is 0 Å². The van der Waals surface area contributed by atoms with Crippen LogP contribution in [0.5, 0.6) is 0 Å². The maximum atomic E-state index is 5.86. The zero-order valence-electron chi connectivity index (χ0n) is 10.5. The predicted octanol–water partition coefficient (Wildman–Crippen LogP) is 2.86. The molecule has 0 bridgehead atoms. The molecule has 0 aliphatic rings. The van der Waals surface area contributed by atoms with Crippen molar-refractivity contribution in [2.75, 3.05) is 11.4 Å². The number of aryl methyl sites for hydroxylation is 1. The maximum absolute atomic E-state index is 5.86. The van der Waals surface area contributed by atoms with Crippen molar-refractivity contribution in [2.24, 2.45) is 0 Å². The van der Waals surface area contributed by atoms with E-state index in [2.05, 4.69) is 26.8 Å². The molecule has 4 nitrogen and oxygen atoms in total. The first-order valence-electron chi connectivity index (χ1n) is 5.83. The van der Waals surface area contributed by atoms with Crippen LogP contribution in [0.15, 0.2) is 30.7 Å². The summed E-state index contributed by atoms with van der Waals surface area (Å²) in [6.07, 6.45) is 5.34. The van der Waals surface area contributed by atoms with Crippen molar-refractivity contribution < 1.29 is 0 Å². The fourth-order valence-corrected chi connectivity index (χ4v) is 1.91. The topological polar surface area (TPSA) is 41.9 Å². The molecule has 0 saturated heterocycles. The Morgan fingerprint density at radius 1 is 1.28 bits per heavy atom. The van der Waals surface area contributed by atoms with E-state index in [-0.39, 0.29) is 5.28 Å². The Hall–Kier alpha value is -1.68. The smallest absolute Gasteiger partial charge is 0.224 e. The van der Waals surface area contributed by atoms with Crippen LogP contribution in [-0.4, -0.2) is 21.5 Å². The van der Waals surface area contributed by atoms with Crippen LogP contribution in [0.2, 0.25) is 5.28 Å². The van der Waals surface area contributed by atoms with E-state index < -0.39 is 0 Å². The molecule has 2 rings (SSSR count). The van der Waals surface area contributed by atoms with E-state index in [1.54, 1.807) is 18.6 Å². The Labute approximate surface area is 112 Å². The van der Waals surface area contributed by atoms with Gasteiger partial charge in [-0.1, -0.05) is 0 Å². The van der Waals surface area contributed by atoms with Gasteiger partial charge in [0.05, 0.1) is 0 Å². The third kappa shape index (κ3) is 2.96. The lowest BCUT2D eigenvalue weighted by atomic mass is 10.2. The highest BCUT2D eigenvalue weighted by Gasteiger charge is 2.11. The van der Waals surface area contributed by atoms with E-state index in [4.69, 9.17) is 11.6 Å². The van der Waals surface area contributed by atoms with Crippen LogP contribution in [0, 0.1) is 6.92 Å². The molecule has 0 amide bonds. The second-order valence-corrected chi connectivity index (χ2v) is 4.35. The second kappa shape index (κ2) is 5.78. The van der Waals surface area contributed by atoms with Gasteiger partial charge in [0.25, 0.3) is 0 Å². The predicted molar refractivity (Wildman–Crippen MR) is 72.7 cm³/mol. The van der Waals surface area contributed by atoms with Gasteiger partial charge in [-0.3, -0.25) is 4.98 Å². The molecule has 0 fully saturated rings. The lowest BCUT2D eigenvalue weighted by Crippen LogP contribution is -2.24. The summed E-state index contributed by atoms with van der Waals surface area (Å²) < 4.78 is 0. The third-order valence-electron chi connectivity index (χ3n) is 2.72. The molecule has 0 unspecified atom stereocenters. The number of anilines is 1. The van der Waals surface area contributed by atoms with Gasteiger partial charge in [-0.15, -0.1) is 0 Å². The van der Waals surface area contributed by atoms with E-state index in [1.807, 2.05) is 19.1 Å². The van der Waals surface area contributed by atoms with Gasteiger partial charge in [0, 0.05) is 37.2 Å². The van der Waals surface area contributed by atoms with Crippen molar-refractivity contribution in [1.82, 2.24) is 15.0 Å². The SMILES string of the molecule is CCN(Cc1ccncc1)c1nc(Cl)ncc1C. The first kappa shape index (κ1) is 12.8. The van der Waals surface area contributed by atoms with Crippen molar-refractivity contribution in [3.05, 3.63) is 47.1 Å². The average Bonchev–Trinajstić information content (AvgIpc) is 2.40. The summed E-state index contributed by atoms with van der Waals surface area (Å²) in [4.78, 5) is 14.5. The highest BCUT2D eigenvalue weighted by atomic mass is 35.5. The largest absolute Gasteiger partial charge is 0.352 e. The lowest BCUT2D eigenvalue weighted by molar-refractivity contribution is 0.803. The molecule has 0 spiro atoms. The van der Waals surface area contributed by atoms with Gasteiger partial charge in [-0.2, -0.15) is 0 Å². The maximum Gasteiger partial charge on any atom is 0.224 e. The number of halogens is 1. The zero-order valence-corrected chi connectivity index (χ0v) is 11.2. The molecular formula is C13H15ClN4. The van der Waals surface area contributed by atoms with Crippen LogP contribution in [0.4, 0.5) is 5.82 Å². The minimum absolute atomic E-state index is 0.281. The van der Waals surface area contributed by atoms with Crippen molar-refractivity contribution in [3.8, 4) is 0 Å². The summed E-state index contributed by atoms with van der Waals surface area (Å²) in [6, 6.07) is 4.00. The van der Waals surface area contributed by atoms with Crippen LogP contribution < -0.4 is 4.90 Å². The Balaban J connectivity index is 2.26. The van der Waals surface area contributed by atoms with Crippen LogP contribution in [0.25, 0.3) is 0 Å². The van der Waals surface area contributed by atoms with Crippen LogP contribution in [-0.2, 0) is 6.54 Å². The minimum Gasteiger partial charge on any atom is -0.352 e. The summed E-state index contributed by atoms with van der Waals surface area (Å²) in [5.41, 5.74) is 2.22. The average molecular weight is 263 g/mol. The summed E-state index contributed by atoms with van der Waals surface area (Å²) in [7, 11) is 0. The molecule has 0 atom stereocenters. The Morgan fingerprint density at radius 2 is 2.00 bits per heavy atom. The molecule has 0 N–H and O–H groups in total. The molecule has 0 saturated carbocycles. The molecule has 0 radical (unpaired) electrons. The standard InChI is InChI=1S/C13H15ClN4/c1-3-18(9-11-4-6-15-7-5-11)12-10(2)8-16-13(14)17-12/h4-8H,3,9H2,1-2H3. The Bertz CT molecular complexity index is 516. The lowest BCUT2D eigenvalue weighted by Gasteiger charge is -2.23. The normalized spacial score (nSPS) is 10.4. The summed E-state index contributed by atoms with van der Waals surface area (Å²) in [6.45, 7) is 5.72. The zero-order chi connectivity index (χ0) is 13.0. The van der Waals surface area contributed by atoms with Gasteiger partial charge in [0.15, 0.2) is 0 Å². The van der Waals surface area contributed by atoms with Gasteiger partial charge < -0.3 is 4.90 Å². The quantitative estimate of drug-likeness (QED) is 0.795. The van der Waals surface area contributed by atoms with Gasteiger partial charge >= 0.3 is 0 Å². The van der Waals surface area contributed by atoms with Crippen LogP contribution >= 0.6 is 11.6 Å². The summed E-state index contributed by atoms with van der Waals surface area (Å²) in [5.74, 6) is 0.884. The third-order valence-corrected chi connectivity index (χ3v) is 2.90. The first-order chi connectivity index (χ1) is 8.70.